The first-order valence-electron chi connectivity index (χ1n) is 4.28. The van der Waals surface area contributed by atoms with Crippen molar-refractivity contribution in [2.75, 3.05) is 6.61 Å². The molecule has 2 nitrogen and oxygen atoms in total. The van der Waals surface area contributed by atoms with Gasteiger partial charge in [-0.15, -0.1) is 0 Å². The molecule has 0 heterocycles. The van der Waals surface area contributed by atoms with Crippen molar-refractivity contribution in [2.45, 2.75) is 40.7 Å². The Morgan fingerprint density at radius 1 is 1.27 bits per heavy atom. The molecule has 0 aliphatic carbocycles. The van der Waals surface area contributed by atoms with Crippen molar-refractivity contribution in [1.29, 1.82) is 0 Å². The smallest absolute Gasteiger partial charge is 0.186 e. The molecule has 0 aliphatic heterocycles. The van der Waals surface area contributed by atoms with Crippen LogP contribution in [0.5, 0.6) is 0 Å². The van der Waals surface area contributed by atoms with E-state index in [0.29, 0.717) is 18.6 Å². The van der Waals surface area contributed by atoms with Crippen molar-refractivity contribution in [3.63, 3.8) is 0 Å². The molecular formula is C9H19NO. The summed E-state index contributed by atoms with van der Waals surface area (Å²) in [6.07, 6.45) is 0. The monoisotopic (exact) mass is 157 g/mol. The molecule has 2 heteroatoms. The molecule has 0 spiro atoms. The molecule has 0 rings (SSSR count). The van der Waals surface area contributed by atoms with E-state index in [0.717, 1.165) is 5.90 Å². The van der Waals surface area contributed by atoms with E-state index in [1.165, 1.54) is 0 Å². The molecule has 11 heavy (non-hydrogen) atoms. The van der Waals surface area contributed by atoms with Crippen LogP contribution in [-0.2, 0) is 4.74 Å². The zero-order valence-electron chi connectivity index (χ0n) is 8.22. The van der Waals surface area contributed by atoms with Gasteiger partial charge >= 0.3 is 0 Å². The van der Waals surface area contributed by atoms with Crippen molar-refractivity contribution < 1.29 is 4.74 Å². The highest BCUT2D eigenvalue weighted by molar-refractivity contribution is 5.78. The zero-order chi connectivity index (χ0) is 8.85. The van der Waals surface area contributed by atoms with Gasteiger partial charge in [-0.05, 0) is 20.8 Å². The average molecular weight is 157 g/mol. The third kappa shape index (κ3) is 4.82. The van der Waals surface area contributed by atoms with Gasteiger partial charge in [-0.25, -0.2) is 0 Å². The maximum Gasteiger partial charge on any atom is 0.186 e. The van der Waals surface area contributed by atoms with Gasteiger partial charge < -0.3 is 4.74 Å². The van der Waals surface area contributed by atoms with Gasteiger partial charge in [0.05, 0.1) is 6.61 Å². The molecular weight excluding hydrogens is 138 g/mol. The molecule has 0 amide bonds. The summed E-state index contributed by atoms with van der Waals surface area (Å²) in [5.41, 5.74) is 0. The lowest BCUT2D eigenvalue weighted by atomic mass is 10.2. The van der Waals surface area contributed by atoms with Crippen LogP contribution in [0, 0.1) is 5.92 Å². The fourth-order valence-electron chi connectivity index (χ4n) is 0.755. The second-order valence-corrected chi connectivity index (χ2v) is 3.15. The Morgan fingerprint density at radius 2 is 1.82 bits per heavy atom. The molecule has 0 radical (unpaired) electrons. The molecule has 0 aromatic carbocycles. The Kier molecular flexibility index (Phi) is 4.92. The molecule has 0 aromatic rings. The van der Waals surface area contributed by atoms with Crippen molar-refractivity contribution in [3.8, 4) is 0 Å². The molecule has 0 N–H and O–H groups in total. The van der Waals surface area contributed by atoms with E-state index in [4.69, 9.17) is 4.74 Å². The van der Waals surface area contributed by atoms with Crippen LogP contribution in [0.25, 0.3) is 0 Å². The van der Waals surface area contributed by atoms with E-state index in [-0.39, 0.29) is 0 Å². The van der Waals surface area contributed by atoms with Crippen molar-refractivity contribution >= 4 is 5.90 Å². The van der Waals surface area contributed by atoms with Gasteiger partial charge in [0, 0.05) is 12.0 Å². The van der Waals surface area contributed by atoms with Gasteiger partial charge in [-0.1, -0.05) is 13.8 Å². The summed E-state index contributed by atoms with van der Waals surface area (Å²) in [4.78, 5) is 4.36. The molecule has 0 saturated heterocycles. The highest BCUT2D eigenvalue weighted by Crippen LogP contribution is 2.01. The van der Waals surface area contributed by atoms with E-state index in [9.17, 15) is 0 Å². The summed E-state index contributed by atoms with van der Waals surface area (Å²) >= 11 is 0. The Hall–Kier alpha value is -0.530. The lowest BCUT2D eigenvalue weighted by molar-refractivity contribution is 0.303. The number of aliphatic imine (C=N–C) groups is 1. The van der Waals surface area contributed by atoms with Crippen LogP contribution < -0.4 is 0 Å². The maximum absolute atomic E-state index is 5.36. The molecule has 0 atom stereocenters. The van der Waals surface area contributed by atoms with Gasteiger partial charge in [0.25, 0.3) is 0 Å². The SMILES string of the molecule is CCO/C(=N/C(C)C)C(C)C. The predicted molar refractivity (Wildman–Crippen MR) is 49.0 cm³/mol. The molecule has 0 bridgehead atoms. The summed E-state index contributed by atoms with van der Waals surface area (Å²) in [6.45, 7) is 11.0. The van der Waals surface area contributed by atoms with Crippen LogP contribution in [0.2, 0.25) is 0 Å². The molecule has 0 aromatic heterocycles. The largest absolute Gasteiger partial charge is 0.481 e. The Labute approximate surface area is 69.7 Å². The van der Waals surface area contributed by atoms with Crippen molar-refractivity contribution in [3.05, 3.63) is 0 Å². The summed E-state index contributed by atoms with van der Waals surface area (Å²) in [6, 6.07) is 0.332. The zero-order valence-corrected chi connectivity index (χ0v) is 8.22. The van der Waals surface area contributed by atoms with Crippen LogP contribution in [0.4, 0.5) is 0 Å². The summed E-state index contributed by atoms with van der Waals surface area (Å²) < 4.78 is 5.36. The predicted octanol–water partition coefficient (Wildman–Crippen LogP) is 2.49. The minimum absolute atomic E-state index is 0.332. The topological polar surface area (TPSA) is 21.6 Å². The summed E-state index contributed by atoms with van der Waals surface area (Å²) in [5, 5.41) is 0. The van der Waals surface area contributed by atoms with E-state index in [2.05, 4.69) is 32.7 Å². The van der Waals surface area contributed by atoms with Gasteiger partial charge in [-0.2, -0.15) is 0 Å². The number of hydrogen-bond donors (Lipinski definition) is 0. The van der Waals surface area contributed by atoms with E-state index >= 15 is 0 Å². The molecule has 0 aliphatic rings. The van der Waals surface area contributed by atoms with Gasteiger partial charge in [0.2, 0.25) is 0 Å². The quantitative estimate of drug-likeness (QED) is 0.455. The number of rotatable bonds is 3. The maximum atomic E-state index is 5.36. The third-order valence-corrected chi connectivity index (χ3v) is 1.17. The normalized spacial score (nSPS) is 12.8. The second-order valence-electron chi connectivity index (χ2n) is 3.15. The first-order chi connectivity index (χ1) is 5.07. The van der Waals surface area contributed by atoms with Crippen LogP contribution >= 0.6 is 0 Å². The summed E-state index contributed by atoms with van der Waals surface area (Å²) in [7, 11) is 0. The van der Waals surface area contributed by atoms with E-state index in [1.807, 2.05) is 6.92 Å². The van der Waals surface area contributed by atoms with Gasteiger partial charge in [0.1, 0.15) is 0 Å². The highest BCUT2D eigenvalue weighted by Gasteiger charge is 2.05. The van der Waals surface area contributed by atoms with Crippen LogP contribution in [0.3, 0.4) is 0 Å². The van der Waals surface area contributed by atoms with E-state index in [1.54, 1.807) is 0 Å². The van der Waals surface area contributed by atoms with Crippen LogP contribution in [-0.4, -0.2) is 18.5 Å². The fraction of sp³-hybridized carbons (Fsp3) is 0.889. The van der Waals surface area contributed by atoms with Crippen LogP contribution in [0.1, 0.15) is 34.6 Å². The van der Waals surface area contributed by atoms with Gasteiger partial charge in [-0.3, -0.25) is 4.99 Å². The van der Waals surface area contributed by atoms with Gasteiger partial charge in [0.15, 0.2) is 5.90 Å². The second kappa shape index (κ2) is 5.16. The minimum Gasteiger partial charge on any atom is -0.481 e. The highest BCUT2D eigenvalue weighted by atomic mass is 16.5. The lowest BCUT2D eigenvalue weighted by Gasteiger charge is -2.11. The Morgan fingerprint density at radius 3 is 2.09 bits per heavy atom. The van der Waals surface area contributed by atoms with Crippen molar-refractivity contribution in [1.82, 2.24) is 0 Å². The summed E-state index contributed by atoms with van der Waals surface area (Å²) in [5.74, 6) is 1.28. The molecule has 0 unspecified atom stereocenters. The first kappa shape index (κ1) is 10.5. The standard InChI is InChI=1S/C9H19NO/c1-6-11-9(7(2)3)10-8(4)5/h7-8H,6H2,1-5H3/b10-9+. The molecule has 0 fully saturated rings. The fourth-order valence-corrected chi connectivity index (χ4v) is 0.755. The number of ether oxygens (including phenoxy) is 1. The Bertz CT molecular complexity index is 128. The number of hydrogen-bond acceptors (Lipinski definition) is 2. The first-order valence-corrected chi connectivity index (χ1v) is 4.28. The minimum atomic E-state index is 0.332. The molecule has 0 saturated carbocycles. The Balaban J connectivity index is 4.08. The van der Waals surface area contributed by atoms with Crippen molar-refractivity contribution in [2.24, 2.45) is 10.9 Å². The van der Waals surface area contributed by atoms with E-state index < -0.39 is 0 Å². The lowest BCUT2D eigenvalue weighted by Crippen LogP contribution is -2.14. The van der Waals surface area contributed by atoms with Crippen LogP contribution in [0.15, 0.2) is 4.99 Å². The molecule has 66 valence electrons. The number of nitrogens with zero attached hydrogens (tertiary/aromatic N) is 1. The average Bonchev–Trinajstić information content (AvgIpc) is 1.86. The third-order valence-electron chi connectivity index (χ3n) is 1.17.